The highest BCUT2D eigenvalue weighted by molar-refractivity contribution is 7.43. The van der Waals surface area contributed by atoms with Gasteiger partial charge in [-0.15, -0.1) is 0 Å². The van der Waals surface area contributed by atoms with Crippen molar-refractivity contribution < 1.29 is 19.0 Å². The fourth-order valence-electron chi connectivity index (χ4n) is 2.09. The fourth-order valence-corrected chi connectivity index (χ4v) is 2.49. The average Bonchev–Trinajstić information content (AvgIpc) is 2.63. The van der Waals surface area contributed by atoms with E-state index in [1.807, 2.05) is 60.7 Å². The first-order valence-electron chi connectivity index (χ1n) is 7.56. The summed E-state index contributed by atoms with van der Waals surface area (Å²) in [6.07, 6.45) is 0. The molecule has 0 amide bonds. The zero-order valence-corrected chi connectivity index (χ0v) is 14.1. The van der Waals surface area contributed by atoms with Gasteiger partial charge in [-0.3, -0.25) is 10.3 Å². The Bertz CT molecular complexity index is 563. The molecule has 1 unspecified atom stereocenters. The molecule has 0 radical (unpaired) electrons. The lowest BCUT2D eigenvalue weighted by Crippen LogP contribution is -2.35. The molecule has 1 saturated heterocycles. The van der Waals surface area contributed by atoms with Crippen molar-refractivity contribution in [3.8, 4) is 0 Å². The molecule has 3 rings (SSSR count). The molecular weight excluding hydrogens is 327 g/mol. The van der Waals surface area contributed by atoms with E-state index in [4.69, 9.17) is 19.8 Å². The minimum absolute atomic E-state index is 0.0752. The van der Waals surface area contributed by atoms with Crippen molar-refractivity contribution >= 4 is 14.3 Å². The third-order valence-corrected chi connectivity index (χ3v) is 3.64. The molecule has 0 spiro atoms. The maximum absolute atomic E-state index is 11.8. The SMILES string of the molecule is NP(O)ON1CCOCC1.O=C(c1ccccc1)c1ccccc1. The van der Waals surface area contributed by atoms with Crippen LogP contribution in [0.5, 0.6) is 0 Å². The van der Waals surface area contributed by atoms with Crippen LogP contribution in [0.3, 0.4) is 0 Å². The molecule has 1 heterocycles. The molecule has 0 aromatic heterocycles. The van der Waals surface area contributed by atoms with Crippen molar-refractivity contribution in [2.45, 2.75) is 0 Å². The summed E-state index contributed by atoms with van der Waals surface area (Å²) in [4.78, 5) is 20.5. The zero-order valence-electron chi connectivity index (χ0n) is 13.2. The highest BCUT2D eigenvalue weighted by Gasteiger charge is 2.13. The number of hydrogen-bond donors (Lipinski definition) is 2. The first kappa shape index (κ1) is 18.7. The van der Waals surface area contributed by atoms with E-state index in [0.717, 1.165) is 11.1 Å². The quantitative estimate of drug-likeness (QED) is 0.652. The standard InChI is InChI=1S/C13H10O.C4H11N2O3P/c14-13(11-7-3-1-4-8-11)12-9-5-2-6-10-12;5-10(7)9-6-1-3-8-4-2-6/h1-10H;7H,1-5H2. The minimum atomic E-state index is -1.75. The molecule has 0 aliphatic carbocycles. The molecule has 0 saturated carbocycles. The molecule has 24 heavy (non-hydrogen) atoms. The van der Waals surface area contributed by atoms with Gasteiger partial charge in [-0.05, 0) is 0 Å². The predicted molar refractivity (Wildman–Crippen MR) is 93.1 cm³/mol. The van der Waals surface area contributed by atoms with Gasteiger partial charge in [0.2, 0.25) is 0 Å². The van der Waals surface area contributed by atoms with Crippen LogP contribution in [0.1, 0.15) is 15.9 Å². The Labute approximate surface area is 142 Å². The molecule has 128 valence electrons. The molecule has 2 aromatic carbocycles. The Balaban J connectivity index is 0.000000185. The van der Waals surface area contributed by atoms with Gasteiger partial charge in [-0.2, -0.15) is 5.06 Å². The summed E-state index contributed by atoms with van der Waals surface area (Å²) in [5.74, 6) is 0.0752. The second kappa shape index (κ2) is 10.3. The number of benzene rings is 2. The number of rotatable bonds is 4. The summed E-state index contributed by atoms with van der Waals surface area (Å²) in [6, 6.07) is 18.6. The maximum atomic E-state index is 11.8. The molecule has 1 aliphatic rings. The third kappa shape index (κ3) is 6.45. The van der Waals surface area contributed by atoms with Crippen LogP contribution < -0.4 is 5.50 Å². The Morgan fingerprint density at radius 3 is 1.88 bits per heavy atom. The number of morpholine rings is 1. The minimum Gasteiger partial charge on any atom is -0.379 e. The molecule has 1 aliphatic heterocycles. The van der Waals surface area contributed by atoms with E-state index in [1.165, 1.54) is 0 Å². The van der Waals surface area contributed by atoms with Crippen LogP contribution in [0.15, 0.2) is 60.7 Å². The van der Waals surface area contributed by atoms with Crippen LogP contribution in [0.4, 0.5) is 0 Å². The second-order valence-corrected chi connectivity index (χ2v) is 5.76. The van der Waals surface area contributed by atoms with Crippen LogP contribution in [0.2, 0.25) is 0 Å². The van der Waals surface area contributed by atoms with Gasteiger partial charge >= 0.3 is 0 Å². The number of hydrogen-bond acceptors (Lipinski definition) is 6. The topological polar surface area (TPSA) is 85.0 Å². The Morgan fingerprint density at radius 1 is 1.00 bits per heavy atom. The molecule has 3 N–H and O–H groups in total. The number of nitrogens with zero attached hydrogens (tertiary/aromatic N) is 1. The van der Waals surface area contributed by atoms with E-state index in [2.05, 4.69) is 0 Å². The first-order valence-corrected chi connectivity index (χ1v) is 8.84. The van der Waals surface area contributed by atoms with Crippen LogP contribution in [-0.4, -0.2) is 42.0 Å². The summed E-state index contributed by atoms with van der Waals surface area (Å²) in [5.41, 5.74) is 6.51. The summed E-state index contributed by atoms with van der Waals surface area (Å²) in [5, 5.41) is 1.62. The molecule has 6 nitrogen and oxygen atoms in total. The summed E-state index contributed by atoms with van der Waals surface area (Å²) in [6.45, 7) is 2.64. The number of carbonyl (C=O) groups excluding carboxylic acids is 1. The number of hydroxylamine groups is 2. The molecule has 0 bridgehead atoms. The maximum Gasteiger partial charge on any atom is 0.268 e. The summed E-state index contributed by atoms with van der Waals surface area (Å²) >= 11 is 0. The van der Waals surface area contributed by atoms with E-state index in [1.54, 1.807) is 5.06 Å². The van der Waals surface area contributed by atoms with Crippen LogP contribution >= 0.6 is 8.53 Å². The van der Waals surface area contributed by atoms with E-state index in [9.17, 15) is 4.79 Å². The van der Waals surface area contributed by atoms with Gasteiger partial charge < -0.3 is 9.63 Å². The molecule has 2 aromatic rings. The van der Waals surface area contributed by atoms with E-state index in [0.29, 0.717) is 26.3 Å². The highest BCUT2D eigenvalue weighted by Crippen LogP contribution is 2.22. The lowest BCUT2D eigenvalue weighted by molar-refractivity contribution is -0.117. The van der Waals surface area contributed by atoms with Crippen molar-refractivity contribution in [3.63, 3.8) is 0 Å². The lowest BCUT2D eigenvalue weighted by Gasteiger charge is -2.25. The van der Waals surface area contributed by atoms with Gasteiger partial charge in [0.15, 0.2) is 5.78 Å². The van der Waals surface area contributed by atoms with Crippen molar-refractivity contribution in [2.24, 2.45) is 5.50 Å². The number of ether oxygens (including phenoxy) is 1. The van der Waals surface area contributed by atoms with E-state index < -0.39 is 8.53 Å². The molecule has 1 fully saturated rings. The monoisotopic (exact) mass is 348 g/mol. The smallest absolute Gasteiger partial charge is 0.268 e. The summed E-state index contributed by atoms with van der Waals surface area (Å²) < 4.78 is 9.89. The van der Waals surface area contributed by atoms with Gasteiger partial charge in [0, 0.05) is 24.2 Å². The van der Waals surface area contributed by atoms with Crippen LogP contribution in [-0.2, 0) is 9.36 Å². The first-order chi connectivity index (χ1) is 11.7. The van der Waals surface area contributed by atoms with Gasteiger partial charge in [0.1, 0.15) is 0 Å². The van der Waals surface area contributed by atoms with Crippen molar-refractivity contribution in [1.82, 2.24) is 5.06 Å². The normalized spacial score (nSPS) is 15.9. The fraction of sp³-hybridized carbons (Fsp3) is 0.235. The predicted octanol–water partition coefficient (Wildman–Crippen LogP) is 2.35. The highest BCUT2D eigenvalue weighted by atomic mass is 31.2. The number of ketones is 1. The van der Waals surface area contributed by atoms with Gasteiger partial charge in [-0.1, -0.05) is 60.7 Å². The summed E-state index contributed by atoms with van der Waals surface area (Å²) in [7, 11) is -1.75. The largest absolute Gasteiger partial charge is 0.379 e. The van der Waals surface area contributed by atoms with Gasteiger partial charge in [-0.25, -0.2) is 4.62 Å². The second-order valence-electron chi connectivity index (χ2n) is 4.99. The van der Waals surface area contributed by atoms with Crippen molar-refractivity contribution in [1.29, 1.82) is 0 Å². The Kier molecular flexibility index (Phi) is 7.98. The third-order valence-electron chi connectivity index (χ3n) is 3.24. The lowest BCUT2D eigenvalue weighted by atomic mass is 10.0. The molecule has 7 heteroatoms. The van der Waals surface area contributed by atoms with Crippen molar-refractivity contribution in [2.75, 3.05) is 26.3 Å². The molecular formula is C17H21N2O4P. The van der Waals surface area contributed by atoms with E-state index in [-0.39, 0.29) is 5.78 Å². The Hall–Kier alpha value is -1.66. The van der Waals surface area contributed by atoms with Crippen molar-refractivity contribution in [3.05, 3.63) is 71.8 Å². The zero-order chi connectivity index (χ0) is 17.2. The molecule has 1 atom stereocenters. The van der Waals surface area contributed by atoms with E-state index >= 15 is 0 Å². The van der Waals surface area contributed by atoms with Crippen LogP contribution in [0, 0.1) is 0 Å². The van der Waals surface area contributed by atoms with Gasteiger partial charge in [0.05, 0.1) is 13.2 Å². The van der Waals surface area contributed by atoms with Crippen LogP contribution in [0.25, 0.3) is 0 Å². The number of nitrogens with two attached hydrogens (primary N) is 1. The van der Waals surface area contributed by atoms with Gasteiger partial charge in [0.25, 0.3) is 8.53 Å². The number of carbonyl (C=O) groups is 1. The average molecular weight is 348 g/mol. The Morgan fingerprint density at radius 2 is 1.46 bits per heavy atom.